The van der Waals surface area contributed by atoms with E-state index in [1.807, 2.05) is 23.7 Å². The summed E-state index contributed by atoms with van der Waals surface area (Å²) in [6.07, 6.45) is 2.60. The second-order valence-corrected chi connectivity index (χ2v) is 7.05. The van der Waals surface area contributed by atoms with E-state index in [9.17, 15) is 0 Å². The summed E-state index contributed by atoms with van der Waals surface area (Å²) in [5, 5.41) is 7.22. The first-order valence-corrected chi connectivity index (χ1v) is 9.38. The van der Waals surface area contributed by atoms with Crippen LogP contribution in [-0.4, -0.2) is 45.8 Å². The third-order valence-electron chi connectivity index (χ3n) is 5.39. The van der Waals surface area contributed by atoms with Crippen LogP contribution in [0.2, 0.25) is 0 Å². The van der Waals surface area contributed by atoms with Gasteiger partial charge in [0.1, 0.15) is 0 Å². The highest BCUT2D eigenvalue weighted by Crippen LogP contribution is 2.41. The lowest BCUT2D eigenvalue weighted by Gasteiger charge is -2.31. The Morgan fingerprint density at radius 3 is 2.48 bits per heavy atom. The number of benzene rings is 1. The molecule has 2 N–H and O–H groups in total. The fourth-order valence-corrected chi connectivity index (χ4v) is 3.82. The van der Waals surface area contributed by atoms with E-state index in [2.05, 4.69) is 39.6 Å². The van der Waals surface area contributed by atoms with Crippen molar-refractivity contribution < 1.29 is 4.74 Å². The van der Waals surface area contributed by atoms with Gasteiger partial charge in [-0.15, -0.1) is 0 Å². The Morgan fingerprint density at radius 1 is 1.11 bits per heavy atom. The van der Waals surface area contributed by atoms with Gasteiger partial charge in [-0.2, -0.15) is 0 Å². The van der Waals surface area contributed by atoms with E-state index in [1.165, 1.54) is 0 Å². The minimum Gasteiger partial charge on any atom is -0.378 e. The molecule has 0 spiro atoms. The summed E-state index contributed by atoms with van der Waals surface area (Å²) in [6, 6.07) is 8.21. The summed E-state index contributed by atoms with van der Waals surface area (Å²) >= 11 is 0. The van der Waals surface area contributed by atoms with Gasteiger partial charge in [-0.1, -0.05) is 19.1 Å². The molecule has 0 atom stereocenters. The van der Waals surface area contributed by atoms with Gasteiger partial charge in [0.15, 0.2) is 28.5 Å². The first-order valence-electron chi connectivity index (χ1n) is 9.38. The second-order valence-electron chi connectivity index (χ2n) is 7.05. The van der Waals surface area contributed by atoms with Crippen molar-refractivity contribution in [2.75, 3.05) is 41.8 Å². The lowest BCUT2D eigenvalue weighted by atomic mass is 10.1. The number of aryl methyl sites for hydroxylation is 1. The number of fused-ring (bicyclic) bond motifs is 2. The molecule has 27 heavy (non-hydrogen) atoms. The number of ether oxygens (including phenoxy) is 1. The van der Waals surface area contributed by atoms with E-state index in [0.717, 1.165) is 53.7 Å². The molecule has 2 aliphatic rings. The molecule has 8 heteroatoms. The molecule has 0 radical (unpaired) electrons. The highest BCUT2D eigenvalue weighted by molar-refractivity contribution is 5.84. The molecule has 8 nitrogen and oxygen atoms in total. The first-order chi connectivity index (χ1) is 13.2. The number of aromatic nitrogens is 4. The summed E-state index contributed by atoms with van der Waals surface area (Å²) in [5.74, 6) is 1.62. The Bertz CT molecular complexity index is 968. The number of hydrogen-bond donors (Lipinski definition) is 2. The van der Waals surface area contributed by atoms with Crippen LogP contribution < -0.4 is 15.5 Å². The number of nitrogens with zero attached hydrogens (tertiary/aromatic N) is 5. The molecule has 0 amide bonds. The zero-order valence-electron chi connectivity index (χ0n) is 15.6. The summed E-state index contributed by atoms with van der Waals surface area (Å²) in [7, 11) is 1.97. The summed E-state index contributed by atoms with van der Waals surface area (Å²) < 4.78 is 7.47. The summed E-state index contributed by atoms with van der Waals surface area (Å²) in [6.45, 7) is 5.16. The predicted octanol–water partition coefficient (Wildman–Crippen LogP) is 2.30. The molecule has 5 rings (SSSR count). The third kappa shape index (κ3) is 2.51. The van der Waals surface area contributed by atoms with Crippen molar-refractivity contribution in [1.29, 1.82) is 0 Å². The molecule has 1 aromatic carbocycles. The van der Waals surface area contributed by atoms with Crippen LogP contribution in [0.4, 0.5) is 17.2 Å². The van der Waals surface area contributed by atoms with E-state index in [1.54, 1.807) is 6.33 Å². The SMILES string of the molecule is CCC1(c2nc(N3CCOCC3)c3ncn(C)c3n2)Nc2ccccc2N1. The van der Waals surface area contributed by atoms with Crippen LogP contribution in [0.25, 0.3) is 11.2 Å². The molecule has 3 aromatic rings. The van der Waals surface area contributed by atoms with Gasteiger partial charge < -0.3 is 24.8 Å². The normalized spacial score (nSPS) is 18.2. The quantitative estimate of drug-likeness (QED) is 0.737. The third-order valence-corrected chi connectivity index (χ3v) is 5.39. The van der Waals surface area contributed by atoms with Crippen LogP contribution in [0.3, 0.4) is 0 Å². The molecule has 140 valence electrons. The monoisotopic (exact) mass is 365 g/mol. The average molecular weight is 365 g/mol. The average Bonchev–Trinajstić information content (AvgIpc) is 3.29. The molecule has 2 aliphatic heterocycles. The highest BCUT2D eigenvalue weighted by Gasteiger charge is 2.40. The fourth-order valence-electron chi connectivity index (χ4n) is 3.82. The number of nitrogens with one attached hydrogen (secondary N) is 2. The van der Waals surface area contributed by atoms with Crippen LogP contribution in [0.5, 0.6) is 0 Å². The Labute approximate surface area is 157 Å². The summed E-state index contributed by atoms with van der Waals surface area (Å²) in [4.78, 5) is 16.7. The van der Waals surface area contributed by atoms with Crippen molar-refractivity contribution in [2.24, 2.45) is 7.05 Å². The van der Waals surface area contributed by atoms with Crippen molar-refractivity contribution in [3.63, 3.8) is 0 Å². The van der Waals surface area contributed by atoms with Gasteiger partial charge in [-0.05, 0) is 18.6 Å². The van der Waals surface area contributed by atoms with E-state index in [-0.39, 0.29) is 0 Å². The maximum atomic E-state index is 5.52. The zero-order chi connectivity index (χ0) is 18.4. The maximum absolute atomic E-state index is 5.52. The van der Waals surface area contributed by atoms with Crippen LogP contribution in [0, 0.1) is 0 Å². The lowest BCUT2D eigenvalue weighted by molar-refractivity contribution is 0.122. The molecule has 0 bridgehead atoms. The molecule has 4 heterocycles. The molecular weight excluding hydrogens is 342 g/mol. The topological polar surface area (TPSA) is 80.1 Å². The minimum atomic E-state index is -0.539. The highest BCUT2D eigenvalue weighted by atomic mass is 16.5. The van der Waals surface area contributed by atoms with Gasteiger partial charge in [-0.25, -0.2) is 15.0 Å². The lowest BCUT2D eigenvalue weighted by Crippen LogP contribution is -2.41. The Hall–Kier alpha value is -2.87. The smallest absolute Gasteiger partial charge is 0.179 e. The molecule has 0 saturated carbocycles. The van der Waals surface area contributed by atoms with Gasteiger partial charge in [0.25, 0.3) is 0 Å². The largest absolute Gasteiger partial charge is 0.378 e. The van der Waals surface area contributed by atoms with Gasteiger partial charge in [0.2, 0.25) is 0 Å². The van der Waals surface area contributed by atoms with Crippen molar-refractivity contribution in [2.45, 2.75) is 19.0 Å². The van der Waals surface area contributed by atoms with E-state index in [4.69, 9.17) is 14.7 Å². The molecule has 0 unspecified atom stereocenters. The number of morpholine rings is 1. The maximum Gasteiger partial charge on any atom is 0.179 e. The first kappa shape index (κ1) is 16.3. The molecule has 1 fully saturated rings. The standard InChI is InChI=1S/C19H23N7O/c1-3-19(23-13-6-4-5-7-14(13)24-19)18-21-16-15(20-12-25(16)2)17(22-18)26-8-10-27-11-9-26/h4-7,12,23-24H,3,8-11H2,1-2H3. The predicted molar refractivity (Wildman–Crippen MR) is 105 cm³/mol. The van der Waals surface area contributed by atoms with Crippen molar-refractivity contribution in [3.8, 4) is 0 Å². The van der Waals surface area contributed by atoms with Crippen LogP contribution in [0.1, 0.15) is 19.2 Å². The van der Waals surface area contributed by atoms with Crippen molar-refractivity contribution in [1.82, 2.24) is 19.5 Å². The van der Waals surface area contributed by atoms with Gasteiger partial charge in [-0.3, -0.25) is 0 Å². The molecular formula is C19H23N7O. The number of para-hydroxylation sites is 2. The minimum absolute atomic E-state index is 0.539. The number of imidazole rings is 1. The van der Waals surface area contributed by atoms with Crippen molar-refractivity contribution >= 4 is 28.4 Å². The molecule has 1 saturated heterocycles. The zero-order valence-corrected chi connectivity index (χ0v) is 15.6. The number of anilines is 3. The van der Waals surface area contributed by atoms with Crippen LogP contribution in [0.15, 0.2) is 30.6 Å². The number of rotatable bonds is 3. The Balaban J connectivity index is 1.66. The van der Waals surface area contributed by atoms with E-state index < -0.39 is 5.66 Å². The van der Waals surface area contributed by atoms with Gasteiger partial charge in [0.05, 0.1) is 30.9 Å². The van der Waals surface area contributed by atoms with Gasteiger partial charge in [0, 0.05) is 20.1 Å². The van der Waals surface area contributed by atoms with Crippen LogP contribution in [-0.2, 0) is 17.4 Å². The van der Waals surface area contributed by atoms with Gasteiger partial charge >= 0.3 is 0 Å². The Kier molecular flexibility index (Phi) is 3.68. The number of hydrogen-bond acceptors (Lipinski definition) is 7. The fraction of sp³-hybridized carbons (Fsp3) is 0.421. The Morgan fingerprint density at radius 2 is 1.81 bits per heavy atom. The van der Waals surface area contributed by atoms with Crippen molar-refractivity contribution in [3.05, 3.63) is 36.4 Å². The summed E-state index contributed by atoms with van der Waals surface area (Å²) in [5.41, 5.74) is 3.28. The second kappa shape index (κ2) is 6.09. The molecule has 2 aromatic heterocycles. The van der Waals surface area contributed by atoms with Crippen LogP contribution >= 0.6 is 0 Å². The van der Waals surface area contributed by atoms with E-state index >= 15 is 0 Å². The molecule has 0 aliphatic carbocycles. The van der Waals surface area contributed by atoms with E-state index in [0.29, 0.717) is 13.2 Å².